The van der Waals surface area contributed by atoms with Crippen molar-refractivity contribution in [2.45, 2.75) is 53.0 Å². The lowest BCUT2D eigenvalue weighted by Gasteiger charge is -2.23. The molecule has 0 aliphatic rings. The Morgan fingerprint density at radius 2 is 1.50 bits per heavy atom. The molecule has 0 bridgehead atoms. The fourth-order valence-electron chi connectivity index (χ4n) is 0.750. The zero-order valence-corrected chi connectivity index (χ0v) is 9.80. The third-order valence-corrected chi connectivity index (χ3v) is 2.58. The Balaban J connectivity index is -0.000000177. The van der Waals surface area contributed by atoms with Crippen molar-refractivity contribution in [1.29, 1.82) is 0 Å². The second kappa shape index (κ2) is 11.1. The van der Waals surface area contributed by atoms with Gasteiger partial charge in [-0.1, -0.05) is 28.2 Å². The molecule has 1 atom stereocenters. The summed E-state index contributed by atoms with van der Waals surface area (Å²) in [6, 6.07) is 0. The minimum absolute atomic E-state index is 0. The van der Waals surface area contributed by atoms with Crippen molar-refractivity contribution in [2.75, 3.05) is 7.11 Å². The molecule has 0 saturated carbocycles. The number of hydrogen-bond donors (Lipinski definition) is 2. The molecule has 3 N–H and O–H groups in total. The molecule has 0 aliphatic heterocycles. The van der Waals surface area contributed by atoms with Crippen LogP contribution in [0.1, 0.15) is 47.5 Å². The van der Waals surface area contributed by atoms with E-state index < -0.39 is 8.25 Å². The first kappa shape index (κ1) is 19.5. The summed E-state index contributed by atoms with van der Waals surface area (Å²) in [6.45, 7) is 6.44. The zero-order chi connectivity index (χ0) is 10.9. The molecule has 0 aromatic carbocycles. The molecule has 4 nitrogen and oxygen atoms in total. The number of nitrogens with two attached hydrogens (primary N) is 1. The molecule has 0 radical (unpaired) electrons. The van der Waals surface area contributed by atoms with Crippen molar-refractivity contribution in [3.05, 3.63) is 0 Å². The molecule has 88 valence electrons. The third-order valence-electron chi connectivity index (χ3n) is 2.27. The van der Waals surface area contributed by atoms with Crippen molar-refractivity contribution in [1.82, 2.24) is 0 Å². The van der Waals surface area contributed by atoms with Crippen LogP contribution in [-0.4, -0.2) is 17.5 Å². The van der Waals surface area contributed by atoms with Crippen LogP contribution < -0.4 is 5.73 Å². The molecule has 0 spiro atoms. The summed E-state index contributed by atoms with van der Waals surface area (Å²) in [4.78, 5) is 7.65. The number of rotatable bonds is 4. The molecule has 0 aromatic rings. The molecule has 0 amide bonds. The van der Waals surface area contributed by atoms with Gasteiger partial charge in [0.15, 0.2) is 0 Å². The number of hydrogen-bond acceptors (Lipinski definition) is 3. The van der Waals surface area contributed by atoms with E-state index in [1.807, 2.05) is 0 Å². The maximum absolute atomic E-state index is 9.29. The average Bonchev–Trinajstić information content (AvgIpc) is 2.17. The maximum Gasteiger partial charge on any atom is 0.694 e. The van der Waals surface area contributed by atoms with Gasteiger partial charge in [0.25, 0.3) is 0 Å². The SMILES string of the molecule is C.CCC(N)(CC)CC.CO[P+](=O)O. The van der Waals surface area contributed by atoms with Gasteiger partial charge in [-0.2, -0.15) is 0 Å². The topological polar surface area (TPSA) is 72.5 Å². The molecule has 0 heterocycles. The van der Waals surface area contributed by atoms with Gasteiger partial charge in [0.1, 0.15) is 0 Å². The van der Waals surface area contributed by atoms with Crippen molar-refractivity contribution in [3.8, 4) is 0 Å². The molecular formula is C9H25NO3P+. The van der Waals surface area contributed by atoms with E-state index in [0.29, 0.717) is 0 Å². The molecule has 5 heteroatoms. The Morgan fingerprint density at radius 3 is 1.50 bits per heavy atom. The normalized spacial score (nSPS) is 10.9. The van der Waals surface area contributed by atoms with Gasteiger partial charge in [-0.25, -0.2) is 0 Å². The highest BCUT2D eigenvalue weighted by molar-refractivity contribution is 7.32. The lowest BCUT2D eigenvalue weighted by molar-refractivity contribution is 0.343. The van der Waals surface area contributed by atoms with Crippen LogP contribution in [0, 0.1) is 0 Å². The minimum Gasteiger partial charge on any atom is -0.325 e. The molecule has 0 saturated heterocycles. The van der Waals surface area contributed by atoms with Gasteiger partial charge in [0.05, 0.1) is 7.11 Å². The highest BCUT2D eigenvalue weighted by atomic mass is 31.1. The van der Waals surface area contributed by atoms with E-state index in [-0.39, 0.29) is 13.0 Å². The molecular weight excluding hydrogens is 201 g/mol. The Bertz CT molecular complexity index is 130. The Hall–Kier alpha value is -0.0200. The maximum atomic E-state index is 9.29. The van der Waals surface area contributed by atoms with Crippen LogP contribution in [0.3, 0.4) is 0 Å². The predicted octanol–water partition coefficient (Wildman–Crippen LogP) is 2.83. The summed E-state index contributed by atoms with van der Waals surface area (Å²) < 4.78 is 13.1. The average molecular weight is 226 g/mol. The summed E-state index contributed by atoms with van der Waals surface area (Å²) in [5.41, 5.74) is 6.02. The van der Waals surface area contributed by atoms with Gasteiger partial charge in [0.2, 0.25) is 0 Å². The zero-order valence-electron chi connectivity index (χ0n) is 8.91. The van der Waals surface area contributed by atoms with Crippen molar-refractivity contribution >= 4 is 8.25 Å². The molecule has 0 rings (SSSR count). The fraction of sp³-hybridized carbons (Fsp3) is 1.00. The van der Waals surface area contributed by atoms with Gasteiger partial charge >= 0.3 is 8.25 Å². The van der Waals surface area contributed by atoms with Crippen LogP contribution in [0.15, 0.2) is 0 Å². The highest BCUT2D eigenvalue weighted by Crippen LogP contribution is 2.14. The fourth-order valence-corrected chi connectivity index (χ4v) is 0.750. The van der Waals surface area contributed by atoms with Crippen molar-refractivity contribution < 1.29 is 14.0 Å². The largest absolute Gasteiger partial charge is 0.694 e. The van der Waals surface area contributed by atoms with Crippen LogP contribution in [-0.2, 0) is 9.09 Å². The van der Waals surface area contributed by atoms with E-state index in [1.54, 1.807) is 0 Å². The summed E-state index contributed by atoms with van der Waals surface area (Å²) >= 11 is 0. The van der Waals surface area contributed by atoms with Gasteiger partial charge in [-0.05, 0) is 19.3 Å². The van der Waals surface area contributed by atoms with Crippen LogP contribution in [0.5, 0.6) is 0 Å². The van der Waals surface area contributed by atoms with Crippen LogP contribution >= 0.6 is 8.25 Å². The predicted molar refractivity (Wildman–Crippen MR) is 61.4 cm³/mol. The first-order valence-electron chi connectivity index (χ1n) is 4.44. The molecule has 14 heavy (non-hydrogen) atoms. The van der Waals surface area contributed by atoms with Gasteiger partial charge < -0.3 is 5.73 Å². The highest BCUT2D eigenvalue weighted by Gasteiger charge is 2.15. The summed E-state index contributed by atoms with van der Waals surface area (Å²) in [5.74, 6) is 0. The van der Waals surface area contributed by atoms with Crippen LogP contribution in [0.4, 0.5) is 0 Å². The van der Waals surface area contributed by atoms with E-state index in [2.05, 4.69) is 25.3 Å². The van der Waals surface area contributed by atoms with E-state index in [1.165, 1.54) is 7.11 Å². The third kappa shape index (κ3) is 12.0. The first-order valence-corrected chi connectivity index (χ1v) is 5.57. The Kier molecular flexibility index (Phi) is 15.4. The van der Waals surface area contributed by atoms with Gasteiger partial charge in [-0.3, -0.25) is 0 Å². The summed E-state index contributed by atoms with van der Waals surface area (Å²) in [6.07, 6.45) is 3.29. The van der Waals surface area contributed by atoms with Crippen molar-refractivity contribution in [2.24, 2.45) is 5.73 Å². The van der Waals surface area contributed by atoms with Crippen molar-refractivity contribution in [3.63, 3.8) is 0 Å². The Morgan fingerprint density at radius 1 is 1.29 bits per heavy atom. The smallest absolute Gasteiger partial charge is 0.325 e. The molecule has 0 aromatic heterocycles. The molecule has 1 unspecified atom stereocenters. The second-order valence-corrected chi connectivity index (χ2v) is 3.68. The van der Waals surface area contributed by atoms with E-state index in [9.17, 15) is 4.57 Å². The molecule has 0 fully saturated rings. The second-order valence-electron chi connectivity index (χ2n) is 2.84. The summed E-state index contributed by atoms with van der Waals surface area (Å²) in [5, 5.41) is 0. The minimum atomic E-state index is -2.35. The standard InChI is InChI=1S/C7H17N.CH3O3P.CH4/c1-4-7(8,5-2)6-3;1-4-5(2)3;/h4-6,8H2,1-3H3;1H3;1H4/p+1. The lowest BCUT2D eigenvalue weighted by atomic mass is 9.92. The van der Waals surface area contributed by atoms with Crippen LogP contribution in [0.2, 0.25) is 0 Å². The quantitative estimate of drug-likeness (QED) is 0.723. The lowest BCUT2D eigenvalue weighted by Crippen LogP contribution is -2.37. The monoisotopic (exact) mass is 226 g/mol. The van der Waals surface area contributed by atoms with E-state index in [4.69, 9.17) is 10.6 Å². The van der Waals surface area contributed by atoms with E-state index in [0.717, 1.165) is 19.3 Å². The van der Waals surface area contributed by atoms with Crippen LogP contribution in [0.25, 0.3) is 0 Å². The Labute approximate surface area is 88.8 Å². The molecule has 0 aliphatic carbocycles. The van der Waals surface area contributed by atoms with Gasteiger partial charge in [-0.15, -0.1) is 9.42 Å². The van der Waals surface area contributed by atoms with E-state index >= 15 is 0 Å². The first-order chi connectivity index (χ1) is 5.95. The summed E-state index contributed by atoms with van der Waals surface area (Å²) in [7, 11) is -1.18. The van der Waals surface area contributed by atoms with Gasteiger partial charge in [0, 0.05) is 10.1 Å².